The number of aromatic amines is 1. The van der Waals surface area contributed by atoms with Crippen LogP contribution in [0.4, 0.5) is 11.4 Å². The molecule has 12 nitrogen and oxygen atoms in total. The van der Waals surface area contributed by atoms with Gasteiger partial charge in [0.15, 0.2) is 0 Å². The molecule has 4 rings (SSSR count). The summed E-state index contributed by atoms with van der Waals surface area (Å²) in [4.78, 5) is 42.3. The summed E-state index contributed by atoms with van der Waals surface area (Å²) in [6.45, 7) is 9.17. The molecule has 13 heteroatoms. The Labute approximate surface area is 225 Å². The standard InChI is InChI=1S/C16H20N2.C10H15N2O8P/c1-9-5-13(6-10(2)15(9)17)14-7-11(3)16(18)12(4)8-14;1-5-3-12(10(15)11-9(5)14)8-2-6(13)7(20-8)4-19-21(16,17)18/h5-8H,17-18H2,1-4H3;3,6-8,13H,2,4H2,1H3,(H,11,14,15)(H2,16,17,18)/t;6-,7+,8+/m.0/s1. The minimum Gasteiger partial charge on any atom is -0.398 e. The van der Waals surface area contributed by atoms with Gasteiger partial charge in [-0.25, -0.2) is 9.36 Å². The number of nitrogen functional groups attached to an aromatic ring is 2. The minimum absolute atomic E-state index is 0.0283. The highest BCUT2D eigenvalue weighted by Crippen LogP contribution is 2.38. The Morgan fingerprint density at radius 2 is 1.41 bits per heavy atom. The van der Waals surface area contributed by atoms with Gasteiger partial charge in [0.2, 0.25) is 0 Å². The summed E-state index contributed by atoms with van der Waals surface area (Å²) in [7, 11) is -4.67. The van der Waals surface area contributed by atoms with E-state index in [1.807, 2.05) is 27.7 Å². The first kappa shape index (κ1) is 30.3. The Kier molecular flexibility index (Phi) is 9.22. The van der Waals surface area contributed by atoms with Gasteiger partial charge in [0.25, 0.3) is 5.56 Å². The second-order valence-electron chi connectivity index (χ2n) is 9.74. The van der Waals surface area contributed by atoms with E-state index in [-0.39, 0.29) is 6.42 Å². The van der Waals surface area contributed by atoms with Gasteiger partial charge in [-0.2, -0.15) is 0 Å². The van der Waals surface area contributed by atoms with Gasteiger partial charge in [-0.15, -0.1) is 0 Å². The van der Waals surface area contributed by atoms with Crippen molar-refractivity contribution in [3.8, 4) is 11.1 Å². The van der Waals surface area contributed by atoms with Gasteiger partial charge in [0, 0.05) is 29.6 Å². The highest BCUT2D eigenvalue weighted by Gasteiger charge is 2.37. The van der Waals surface area contributed by atoms with Crippen LogP contribution in [0.3, 0.4) is 0 Å². The normalized spacial score (nSPS) is 19.0. The Balaban J connectivity index is 0.000000218. The van der Waals surface area contributed by atoms with Gasteiger partial charge < -0.3 is 31.1 Å². The number of aromatic nitrogens is 2. The zero-order valence-electron chi connectivity index (χ0n) is 22.5. The maximum Gasteiger partial charge on any atom is 0.469 e. The van der Waals surface area contributed by atoms with Crippen LogP contribution < -0.4 is 22.7 Å². The van der Waals surface area contributed by atoms with E-state index in [9.17, 15) is 19.3 Å². The lowest BCUT2D eigenvalue weighted by atomic mass is 9.95. The third-order valence-corrected chi connectivity index (χ3v) is 7.07. The fourth-order valence-corrected chi connectivity index (χ4v) is 4.63. The van der Waals surface area contributed by atoms with Gasteiger partial charge >= 0.3 is 13.5 Å². The van der Waals surface area contributed by atoms with Gasteiger partial charge in [0.1, 0.15) is 12.3 Å². The van der Waals surface area contributed by atoms with E-state index < -0.39 is 44.1 Å². The lowest BCUT2D eigenvalue weighted by Crippen LogP contribution is -2.33. The summed E-state index contributed by atoms with van der Waals surface area (Å²) in [5, 5.41) is 9.79. The van der Waals surface area contributed by atoms with E-state index in [1.54, 1.807) is 0 Å². The van der Waals surface area contributed by atoms with Crippen LogP contribution in [-0.2, 0) is 13.8 Å². The number of phosphoric acid groups is 1. The Bertz CT molecular complexity index is 1430. The molecule has 2 heterocycles. The molecule has 1 saturated heterocycles. The lowest BCUT2D eigenvalue weighted by Gasteiger charge is -2.16. The van der Waals surface area contributed by atoms with E-state index in [4.69, 9.17) is 26.0 Å². The maximum atomic E-state index is 11.7. The van der Waals surface area contributed by atoms with Crippen molar-refractivity contribution in [1.29, 1.82) is 0 Å². The predicted octanol–water partition coefficient (Wildman–Crippen LogP) is 2.35. The van der Waals surface area contributed by atoms with Gasteiger partial charge in [-0.3, -0.25) is 18.9 Å². The van der Waals surface area contributed by atoms with Crippen molar-refractivity contribution in [3.63, 3.8) is 0 Å². The van der Waals surface area contributed by atoms with Crippen molar-refractivity contribution >= 4 is 19.2 Å². The largest absolute Gasteiger partial charge is 0.469 e. The molecule has 39 heavy (non-hydrogen) atoms. The van der Waals surface area contributed by atoms with Crippen LogP contribution in [-0.4, -0.2) is 43.3 Å². The van der Waals surface area contributed by atoms with Gasteiger partial charge in [0.05, 0.1) is 12.7 Å². The number of hydrogen-bond acceptors (Lipinski definition) is 8. The lowest BCUT2D eigenvalue weighted by molar-refractivity contribution is -0.0451. The Morgan fingerprint density at radius 3 is 1.85 bits per heavy atom. The third kappa shape index (κ3) is 7.45. The van der Waals surface area contributed by atoms with Crippen LogP contribution in [0.15, 0.2) is 40.1 Å². The molecular formula is C26H35N4O8P. The number of benzene rings is 2. The molecule has 1 aliphatic heterocycles. The molecular weight excluding hydrogens is 527 g/mol. The summed E-state index contributed by atoms with van der Waals surface area (Å²) >= 11 is 0. The molecule has 3 atom stereocenters. The molecule has 0 amide bonds. The number of nitrogens with two attached hydrogens (primary N) is 2. The summed E-state index contributed by atoms with van der Waals surface area (Å²) in [5.41, 5.74) is 19.7. The predicted molar refractivity (Wildman–Crippen MR) is 148 cm³/mol. The molecule has 2 aromatic carbocycles. The molecule has 3 aromatic rings. The van der Waals surface area contributed by atoms with Crippen LogP contribution in [0.2, 0.25) is 0 Å². The number of aliphatic hydroxyl groups excluding tert-OH is 1. The number of phosphoric ester groups is 1. The van der Waals surface area contributed by atoms with E-state index in [0.29, 0.717) is 5.56 Å². The Morgan fingerprint density at radius 1 is 0.949 bits per heavy atom. The van der Waals surface area contributed by atoms with Crippen molar-refractivity contribution in [3.05, 3.63) is 79.1 Å². The quantitative estimate of drug-likeness (QED) is 0.198. The summed E-state index contributed by atoms with van der Waals surface area (Å²) in [6, 6.07) is 8.53. The minimum atomic E-state index is -4.67. The van der Waals surface area contributed by atoms with Crippen molar-refractivity contribution in [2.24, 2.45) is 0 Å². The van der Waals surface area contributed by atoms with E-state index in [0.717, 1.165) is 38.2 Å². The van der Waals surface area contributed by atoms with E-state index >= 15 is 0 Å². The molecule has 0 bridgehead atoms. The highest BCUT2D eigenvalue weighted by molar-refractivity contribution is 7.46. The summed E-state index contributed by atoms with van der Waals surface area (Å²) < 4.78 is 21.4. The molecule has 1 aliphatic rings. The van der Waals surface area contributed by atoms with Crippen molar-refractivity contribution in [2.75, 3.05) is 18.1 Å². The number of aryl methyl sites for hydroxylation is 5. The van der Waals surface area contributed by atoms with E-state index in [2.05, 4.69) is 33.8 Å². The van der Waals surface area contributed by atoms with Crippen LogP contribution in [0.25, 0.3) is 11.1 Å². The number of ether oxygens (including phenoxy) is 1. The smallest absolute Gasteiger partial charge is 0.398 e. The topological polar surface area (TPSA) is 203 Å². The molecule has 1 fully saturated rings. The fourth-order valence-electron chi connectivity index (χ4n) is 4.29. The number of anilines is 2. The number of aliphatic hydroxyl groups is 1. The first-order valence-corrected chi connectivity index (χ1v) is 13.7. The zero-order valence-corrected chi connectivity index (χ0v) is 23.4. The maximum absolute atomic E-state index is 11.7. The molecule has 0 saturated carbocycles. The number of rotatable bonds is 5. The molecule has 212 valence electrons. The average Bonchev–Trinajstić information content (AvgIpc) is 3.21. The van der Waals surface area contributed by atoms with Crippen LogP contribution in [0.5, 0.6) is 0 Å². The number of nitrogens with one attached hydrogen (secondary N) is 1. The van der Waals surface area contributed by atoms with Gasteiger partial charge in [-0.1, -0.05) is 0 Å². The third-order valence-electron chi connectivity index (χ3n) is 6.59. The molecule has 8 N–H and O–H groups in total. The number of H-pyrrole nitrogens is 1. The monoisotopic (exact) mass is 562 g/mol. The van der Waals surface area contributed by atoms with Crippen molar-refractivity contribution in [1.82, 2.24) is 9.55 Å². The van der Waals surface area contributed by atoms with E-state index in [1.165, 1.54) is 24.2 Å². The summed E-state index contributed by atoms with van der Waals surface area (Å²) in [6.07, 6.45) is -1.57. The van der Waals surface area contributed by atoms with Crippen molar-refractivity contribution in [2.45, 2.75) is 59.5 Å². The number of nitrogens with zero attached hydrogens (tertiary/aromatic N) is 1. The SMILES string of the molecule is Cc1cc(-c2cc(C)c(N)c(C)c2)cc(C)c1N.Cc1cn([C@H]2C[C@H](O)[C@@H](COP(=O)(O)O)O2)c(=O)[nH]c1=O. The average molecular weight is 563 g/mol. The molecule has 0 aliphatic carbocycles. The zero-order chi connectivity index (χ0) is 29.2. The summed E-state index contributed by atoms with van der Waals surface area (Å²) in [5.74, 6) is 0. The first-order chi connectivity index (χ1) is 18.1. The van der Waals surface area contributed by atoms with Crippen LogP contribution in [0.1, 0.15) is 40.5 Å². The molecule has 0 spiro atoms. The molecule has 0 radical (unpaired) electrons. The Hall–Kier alpha value is -3.25. The first-order valence-electron chi connectivity index (χ1n) is 12.2. The second-order valence-corrected chi connectivity index (χ2v) is 11.0. The van der Waals surface area contributed by atoms with Crippen LogP contribution >= 0.6 is 7.82 Å². The number of hydrogen-bond donors (Lipinski definition) is 6. The van der Waals surface area contributed by atoms with Gasteiger partial charge in [-0.05, 0) is 92.3 Å². The fraction of sp³-hybridized carbons (Fsp3) is 0.385. The molecule has 1 aromatic heterocycles. The highest BCUT2D eigenvalue weighted by atomic mass is 31.2. The second kappa shape index (κ2) is 11.9. The van der Waals surface area contributed by atoms with Crippen molar-refractivity contribution < 1.29 is 28.7 Å². The van der Waals surface area contributed by atoms with Crippen LogP contribution in [0, 0.1) is 34.6 Å². The molecule has 0 unspecified atom stereocenters.